The molecule has 0 spiro atoms. The summed E-state index contributed by atoms with van der Waals surface area (Å²) in [6.45, 7) is 0. The molecular formula is C11H18O. The lowest BCUT2D eigenvalue weighted by molar-refractivity contribution is 0.0642. The normalized spacial score (nSPS) is 57.2. The number of aliphatic hydroxyl groups excluding tert-OH is 1. The minimum absolute atomic E-state index is 0.0723. The molecule has 0 aromatic heterocycles. The van der Waals surface area contributed by atoms with Gasteiger partial charge in [-0.3, -0.25) is 0 Å². The van der Waals surface area contributed by atoms with Crippen LogP contribution in [0.25, 0.3) is 0 Å². The molecule has 0 aromatic rings. The average Bonchev–Trinajstić information content (AvgIpc) is 2.28. The summed E-state index contributed by atoms with van der Waals surface area (Å²) >= 11 is 0. The quantitative estimate of drug-likeness (QED) is 0.585. The number of hydrogen-bond acceptors (Lipinski definition) is 1. The highest BCUT2D eigenvalue weighted by atomic mass is 16.3. The first-order valence-corrected chi connectivity index (χ1v) is 5.52. The van der Waals surface area contributed by atoms with Crippen molar-refractivity contribution in [3.63, 3.8) is 0 Å². The molecule has 1 N–H and O–H groups in total. The molecule has 0 saturated heterocycles. The van der Waals surface area contributed by atoms with Gasteiger partial charge in [-0.2, -0.15) is 0 Å². The van der Waals surface area contributed by atoms with Crippen LogP contribution < -0.4 is 0 Å². The maximum atomic E-state index is 9.85. The second kappa shape index (κ2) is 2.47. The summed E-state index contributed by atoms with van der Waals surface area (Å²) in [7, 11) is 0. The second-order valence-electron chi connectivity index (χ2n) is 5.14. The van der Waals surface area contributed by atoms with Crippen molar-refractivity contribution in [1.82, 2.24) is 0 Å². The molecule has 4 rings (SSSR count). The van der Waals surface area contributed by atoms with E-state index in [2.05, 4.69) is 0 Å². The standard InChI is InChI=1S/C11H18O/c12-11-6-9-5-10(11)8-3-1-7(9)2-4-8/h7-12H,1-6H2. The van der Waals surface area contributed by atoms with Crippen molar-refractivity contribution in [2.75, 3.05) is 0 Å². The Morgan fingerprint density at radius 2 is 1.42 bits per heavy atom. The molecule has 4 saturated carbocycles. The van der Waals surface area contributed by atoms with Gasteiger partial charge in [0.25, 0.3) is 0 Å². The molecule has 4 bridgehead atoms. The van der Waals surface area contributed by atoms with Crippen molar-refractivity contribution in [3.05, 3.63) is 0 Å². The van der Waals surface area contributed by atoms with E-state index in [0.717, 1.165) is 24.2 Å². The van der Waals surface area contributed by atoms with Crippen LogP contribution in [-0.4, -0.2) is 11.2 Å². The predicted octanol–water partition coefficient (Wildman–Crippen LogP) is 2.19. The van der Waals surface area contributed by atoms with Crippen molar-refractivity contribution in [2.24, 2.45) is 23.7 Å². The maximum Gasteiger partial charge on any atom is 0.0573 e. The van der Waals surface area contributed by atoms with Gasteiger partial charge < -0.3 is 5.11 Å². The predicted molar refractivity (Wildman–Crippen MR) is 47.7 cm³/mol. The van der Waals surface area contributed by atoms with E-state index in [9.17, 15) is 5.11 Å². The zero-order chi connectivity index (χ0) is 8.13. The summed E-state index contributed by atoms with van der Waals surface area (Å²) in [6.07, 6.45) is 8.34. The Labute approximate surface area is 74.2 Å². The van der Waals surface area contributed by atoms with Crippen molar-refractivity contribution < 1.29 is 5.11 Å². The van der Waals surface area contributed by atoms with Crippen molar-refractivity contribution in [3.8, 4) is 0 Å². The van der Waals surface area contributed by atoms with E-state index in [1.165, 1.54) is 32.1 Å². The van der Waals surface area contributed by atoms with Crippen LogP contribution in [0.5, 0.6) is 0 Å². The van der Waals surface area contributed by atoms with Gasteiger partial charge in [-0.15, -0.1) is 0 Å². The third-order valence-corrected chi connectivity index (χ3v) is 4.70. The van der Waals surface area contributed by atoms with E-state index in [1.54, 1.807) is 0 Å². The lowest BCUT2D eigenvalue weighted by atomic mass is 9.74. The Balaban J connectivity index is 1.92. The van der Waals surface area contributed by atoms with Gasteiger partial charge in [-0.25, -0.2) is 0 Å². The number of rotatable bonds is 0. The van der Waals surface area contributed by atoms with Crippen LogP contribution in [0.1, 0.15) is 38.5 Å². The Kier molecular flexibility index (Phi) is 1.52. The minimum Gasteiger partial charge on any atom is -0.393 e. The van der Waals surface area contributed by atoms with Crippen LogP contribution in [0.4, 0.5) is 0 Å². The summed E-state index contributed by atoms with van der Waals surface area (Å²) in [4.78, 5) is 0. The molecule has 4 aliphatic rings. The molecule has 0 heterocycles. The molecule has 1 heteroatoms. The zero-order valence-corrected chi connectivity index (χ0v) is 7.58. The van der Waals surface area contributed by atoms with E-state index in [0.29, 0.717) is 5.92 Å². The summed E-state index contributed by atoms with van der Waals surface area (Å²) in [6, 6.07) is 0. The van der Waals surface area contributed by atoms with Crippen LogP contribution in [0.3, 0.4) is 0 Å². The van der Waals surface area contributed by atoms with Gasteiger partial charge in [0.05, 0.1) is 6.10 Å². The van der Waals surface area contributed by atoms with Gasteiger partial charge in [-0.1, -0.05) is 0 Å². The topological polar surface area (TPSA) is 20.2 Å². The first-order valence-electron chi connectivity index (χ1n) is 5.52. The van der Waals surface area contributed by atoms with Gasteiger partial charge in [0.2, 0.25) is 0 Å². The first kappa shape index (κ1) is 7.37. The zero-order valence-electron chi connectivity index (χ0n) is 7.58. The Hall–Kier alpha value is -0.0400. The van der Waals surface area contributed by atoms with Crippen LogP contribution in [-0.2, 0) is 0 Å². The average molecular weight is 166 g/mol. The fraction of sp³-hybridized carbons (Fsp3) is 1.00. The highest BCUT2D eigenvalue weighted by Crippen LogP contribution is 2.52. The molecule has 4 fully saturated rings. The van der Waals surface area contributed by atoms with E-state index in [4.69, 9.17) is 0 Å². The molecule has 0 aromatic carbocycles. The van der Waals surface area contributed by atoms with E-state index in [-0.39, 0.29) is 6.10 Å². The largest absolute Gasteiger partial charge is 0.393 e. The molecule has 12 heavy (non-hydrogen) atoms. The van der Waals surface area contributed by atoms with Crippen molar-refractivity contribution in [2.45, 2.75) is 44.6 Å². The Morgan fingerprint density at radius 1 is 0.750 bits per heavy atom. The lowest BCUT2D eigenvalue weighted by Crippen LogP contribution is -2.27. The molecule has 3 atom stereocenters. The smallest absolute Gasteiger partial charge is 0.0573 e. The van der Waals surface area contributed by atoms with Gasteiger partial charge in [0.15, 0.2) is 0 Å². The Bertz CT molecular complexity index is 181. The fourth-order valence-corrected chi connectivity index (χ4v) is 4.02. The molecular weight excluding hydrogens is 148 g/mol. The third-order valence-electron chi connectivity index (χ3n) is 4.70. The number of hydrogen-bond donors (Lipinski definition) is 1. The first-order chi connectivity index (χ1) is 5.84. The molecule has 0 aliphatic heterocycles. The lowest BCUT2D eigenvalue weighted by Gasteiger charge is -2.33. The van der Waals surface area contributed by atoms with Crippen LogP contribution in [0.15, 0.2) is 0 Å². The summed E-state index contributed by atoms with van der Waals surface area (Å²) in [5.41, 5.74) is 0. The molecule has 0 amide bonds. The minimum atomic E-state index is 0.0723. The SMILES string of the molecule is OC1CC2CC1C1CCC2CC1. The van der Waals surface area contributed by atoms with Gasteiger partial charge in [0, 0.05) is 0 Å². The third kappa shape index (κ3) is 0.891. The van der Waals surface area contributed by atoms with E-state index >= 15 is 0 Å². The summed E-state index contributed by atoms with van der Waals surface area (Å²) in [5.74, 6) is 3.48. The molecule has 0 radical (unpaired) electrons. The second-order valence-corrected chi connectivity index (χ2v) is 5.14. The Morgan fingerprint density at radius 3 is 2.17 bits per heavy atom. The van der Waals surface area contributed by atoms with Crippen LogP contribution >= 0.6 is 0 Å². The van der Waals surface area contributed by atoms with E-state index < -0.39 is 0 Å². The number of aliphatic hydroxyl groups is 1. The summed E-state index contributed by atoms with van der Waals surface area (Å²) < 4.78 is 0. The monoisotopic (exact) mass is 166 g/mol. The highest BCUT2D eigenvalue weighted by Gasteiger charge is 2.46. The molecule has 68 valence electrons. The van der Waals surface area contributed by atoms with Crippen molar-refractivity contribution in [1.29, 1.82) is 0 Å². The van der Waals surface area contributed by atoms with Crippen molar-refractivity contribution >= 4 is 0 Å². The highest BCUT2D eigenvalue weighted by molar-refractivity contribution is 4.96. The summed E-state index contributed by atoms with van der Waals surface area (Å²) in [5, 5.41) is 9.85. The molecule has 4 aliphatic carbocycles. The van der Waals surface area contributed by atoms with Gasteiger partial charge in [0.1, 0.15) is 0 Å². The fourth-order valence-electron chi connectivity index (χ4n) is 4.02. The maximum absolute atomic E-state index is 9.85. The van der Waals surface area contributed by atoms with Crippen LogP contribution in [0.2, 0.25) is 0 Å². The van der Waals surface area contributed by atoms with Crippen LogP contribution in [0, 0.1) is 23.7 Å². The number of fused-ring (bicyclic) bond motifs is 2. The van der Waals surface area contributed by atoms with Gasteiger partial charge >= 0.3 is 0 Å². The molecule has 1 nitrogen and oxygen atoms in total. The van der Waals surface area contributed by atoms with E-state index in [1.807, 2.05) is 0 Å². The molecule has 3 unspecified atom stereocenters. The van der Waals surface area contributed by atoms with Gasteiger partial charge in [-0.05, 0) is 62.2 Å².